The van der Waals surface area contributed by atoms with E-state index in [0.29, 0.717) is 41.3 Å². The van der Waals surface area contributed by atoms with Crippen molar-refractivity contribution >= 4 is 28.4 Å². The molecule has 0 bridgehead atoms. The second-order valence-corrected chi connectivity index (χ2v) is 7.56. The smallest absolute Gasteiger partial charge is 0.251 e. The number of nitrogens with one attached hydrogen (secondary N) is 2. The lowest BCUT2D eigenvalue weighted by Gasteiger charge is -2.12. The summed E-state index contributed by atoms with van der Waals surface area (Å²) < 4.78 is 29.7. The zero-order chi connectivity index (χ0) is 21.5. The summed E-state index contributed by atoms with van der Waals surface area (Å²) in [6.07, 6.45) is 3.68. The fourth-order valence-corrected chi connectivity index (χ4v) is 3.53. The number of amides is 1. The van der Waals surface area contributed by atoms with Crippen molar-refractivity contribution in [3.8, 4) is 11.3 Å². The van der Waals surface area contributed by atoms with Crippen molar-refractivity contribution in [1.29, 1.82) is 0 Å². The number of carbonyl (C=O) groups is 1. The lowest BCUT2D eigenvalue weighted by molar-refractivity contribution is 0.0951. The highest BCUT2D eigenvalue weighted by Gasteiger charge is 2.24. The van der Waals surface area contributed by atoms with Crippen LogP contribution in [0.25, 0.3) is 27.9 Å². The van der Waals surface area contributed by atoms with Gasteiger partial charge in [0.15, 0.2) is 23.1 Å². The summed E-state index contributed by atoms with van der Waals surface area (Å²) in [5.41, 5.74) is 8.73. The number of imidazole rings is 1. The molecule has 0 atom stereocenters. The van der Waals surface area contributed by atoms with E-state index in [1.807, 2.05) is 12.1 Å². The van der Waals surface area contributed by atoms with Crippen LogP contribution in [0.1, 0.15) is 23.2 Å². The predicted molar refractivity (Wildman–Crippen MR) is 114 cm³/mol. The summed E-state index contributed by atoms with van der Waals surface area (Å²) in [4.78, 5) is 21.1. The van der Waals surface area contributed by atoms with E-state index in [9.17, 15) is 13.6 Å². The molecule has 0 radical (unpaired) electrons. The molecule has 0 saturated heterocycles. The standard InChI is InChI=1S/C22H20F2N6O/c23-15-9-17-18(10-16(15)24)30-19(11-27-21(30)20(29-17)26-8-7-25)12-1-3-13(4-2-12)22(31)28-14-5-6-14/h1-4,9-11,14H,5-8,25H2,(H,26,29)(H,28,31). The van der Waals surface area contributed by atoms with Crippen LogP contribution in [0.2, 0.25) is 0 Å². The molecule has 2 aromatic carbocycles. The van der Waals surface area contributed by atoms with Gasteiger partial charge in [0.25, 0.3) is 5.91 Å². The zero-order valence-electron chi connectivity index (χ0n) is 16.5. The van der Waals surface area contributed by atoms with Gasteiger partial charge in [0.1, 0.15) is 0 Å². The highest BCUT2D eigenvalue weighted by molar-refractivity contribution is 5.95. The Hall–Kier alpha value is -3.59. The molecule has 1 fully saturated rings. The first-order valence-electron chi connectivity index (χ1n) is 10.1. The third kappa shape index (κ3) is 3.57. The largest absolute Gasteiger partial charge is 0.366 e. The van der Waals surface area contributed by atoms with Crippen molar-refractivity contribution < 1.29 is 13.6 Å². The molecule has 7 nitrogen and oxygen atoms in total. The molecule has 0 aliphatic heterocycles. The molecule has 1 aliphatic carbocycles. The number of nitrogens with zero attached hydrogens (tertiary/aromatic N) is 3. The van der Waals surface area contributed by atoms with Gasteiger partial charge in [-0.1, -0.05) is 12.1 Å². The van der Waals surface area contributed by atoms with Crippen molar-refractivity contribution in [1.82, 2.24) is 19.7 Å². The van der Waals surface area contributed by atoms with Crippen molar-refractivity contribution in [3.63, 3.8) is 0 Å². The number of aromatic nitrogens is 3. The first-order chi connectivity index (χ1) is 15.0. The van der Waals surface area contributed by atoms with Crippen LogP contribution in [0, 0.1) is 11.6 Å². The topological polar surface area (TPSA) is 97.3 Å². The number of carbonyl (C=O) groups excluding carboxylic acids is 1. The fraction of sp³-hybridized carbons (Fsp3) is 0.227. The van der Waals surface area contributed by atoms with Crippen LogP contribution in [0.3, 0.4) is 0 Å². The van der Waals surface area contributed by atoms with Crippen molar-refractivity contribution in [2.24, 2.45) is 5.73 Å². The zero-order valence-corrected chi connectivity index (χ0v) is 16.5. The normalized spacial score (nSPS) is 13.6. The van der Waals surface area contributed by atoms with Crippen LogP contribution >= 0.6 is 0 Å². The number of rotatable bonds is 6. The molecule has 1 amide bonds. The van der Waals surface area contributed by atoms with E-state index in [1.165, 1.54) is 0 Å². The fourth-order valence-electron chi connectivity index (χ4n) is 3.53. The molecule has 4 N–H and O–H groups in total. The van der Waals surface area contributed by atoms with Crippen LogP contribution in [-0.4, -0.2) is 39.4 Å². The highest BCUT2D eigenvalue weighted by atomic mass is 19.2. The van der Waals surface area contributed by atoms with Gasteiger partial charge in [-0.3, -0.25) is 9.20 Å². The predicted octanol–water partition coefficient (Wildman–Crippen LogP) is 3.09. The van der Waals surface area contributed by atoms with E-state index >= 15 is 0 Å². The van der Waals surface area contributed by atoms with E-state index in [2.05, 4.69) is 20.6 Å². The molecule has 1 saturated carbocycles. The van der Waals surface area contributed by atoms with Gasteiger partial charge < -0.3 is 16.4 Å². The molecular formula is C22H20F2N6O. The molecule has 0 spiro atoms. The Balaban J connectivity index is 1.63. The maximum absolute atomic E-state index is 14.1. The minimum atomic E-state index is -0.975. The van der Waals surface area contributed by atoms with Gasteiger partial charge in [-0.15, -0.1) is 0 Å². The van der Waals surface area contributed by atoms with E-state index in [-0.39, 0.29) is 17.5 Å². The van der Waals surface area contributed by atoms with Gasteiger partial charge >= 0.3 is 0 Å². The molecule has 2 aromatic heterocycles. The third-order valence-electron chi connectivity index (χ3n) is 5.26. The summed E-state index contributed by atoms with van der Waals surface area (Å²) >= 11 is 0. The van der Waals surface area contributed by atoms with E-state index in [4.69, 9.17) is 5.73 Å². The number of benzene rings is 2. The number of hydrogen-bond acceptors (Lipinski definition) is 5. The maximum atomic E-state index is 14.1. The van der Waals surface area contributed by atoms with Crippen LogP contribution in [0.15, 0.2) is 42.6 Å². The molecule has 2 heterocycles. The Bertz CT molecular complexity index is 1300. The van der Waals surface area contributed by atoms with Crippen molar-refractivity contribution in [2.45, 2.75) is 18.9 Å². The SMILES string of the molecule is NCCNc1nc2cc(F)c(F)cc2n2c(-c3ccc(C(=O)NC4CC4)cc3)cnc12. The van der Waals surface area contributed by atoms with Crippen molar-refractivity contribution in [2.75, 3.05) is 18.4 Å². The molecule has 1 aliphatic rings. The van der Waals surface area contributed by atoms with Crippen LogP contribution < -0.4 is 16.4 Å². The first-order valence-corrected chi connectivity index (χ1v) is 10.1. The summed E-state index contributed by atoms with van der Waals surface area (Å²) in [5, 5.41) is 6.04. The monoisotopic (exact) mass is 422 g/mol. The average Bonchev–Trinajstić information content (AvgIpc) is 3.47. The Morgan fingerprint density at radius 2 is 1.90 bits per heavy atom. The first kappa shape index (κ1) is 19.4. The van der Waals surface area contributed by atoms with Gasteiger partial charge in [-0.25, -0.2) is 18.7 Å². The van der Waals surface area contributed by atoms with Gasteiger partial charge in [0, 0.05) is 42.4 Å². The molecule has 4 aromatic rings. The lowest BCUT2D eigenvalue weighted by Crippen LogP contribution is -2.25. The number of halogens is 2. The number of fused-ring (bicyclic) bond motifs is 3. The quantitative estimate of drug-likeness (QED) is 0.444. The van der Waals surface area contributed by atoms with Crippen LogP contribution in [0.4, 0.5) is 14.6 Å². The second kappa shape index (κ2) is 7.59. The lowest BCUT2D eigenvalue weighted by atomic mass is 10.1. The third-order valence-corrected chi connectivity index (χ3v) is 5.26. The summed E-state index contributed by atoms with van der Waals surface area (Å²) in [5.74, 6) is -1.62. The number of hydrogen-bond donors (Lipinski definition) is 3. The van der Waals surface area contributed by atoms with E-state index < -0.39 is 11.6 Å². The number of nitrogens with two attached hydrogens (primary N) is 1. The van der Waals surface area contributed by atoms with E-state index in [0.717, 1.165) is 30.5 Å². The molecule has 31 heavy (non-hydrogen) atoms. The second-order valence-electron chi connectivity index (χ2n) is 7.56. The Morgan fingerprint density at radius 1 is 1.16 bits per heavy atom. The molecule has 0 unspecified atom stereocenters. The maximum Gasteiger partial charge on any atom is 0.251 e. The summed E-state index contributed by atoms with van der Waals surface area (Å²) in [6, 6.07) is 9.55. The Labute approximate surface area is 176 Å². The molecular weight excluding hydrogens is 402 g/mol. The van der Waals surface area contributed by atoms with Crippen LogP contribution in [0.5, 0.6) is 0 Å². The minimum Gasteiger partial charge on any atom is -0.366 e. The molecule has 9 heteroatoms. The Morgan fingerprint density at radius 3 is 2.61 bits per heavy atom. The summed E-state index contributed by atoms with van der Waals surface area (Å²) in [7, 11) is 0. The molecule has 158 valence electrons. The van der Waals surface area contributed by atoms with Gasteiger partial charge in [0.2, 0.25) is 0 Å². The number of anilines is 1. The van der Waals surface area contributed by atoms with Gasteiger partial charge in [-0.2, -0.15) is 0 Å². The van der Waals surface area contributed by atoms with E-state index in [1.54, 1.807) is 22.7 Å². The van der Waals surface area contributed by atoms with Crippen LogP contribution in [-0.2, 0) is 0 Å². The average molecular weight is 422 g/mol. The molecule has 5 rings (SSSR count). The summed E-state index contributed by atoms with van der Waals surface area (Å²) in [6.45, 7) is 0.826. The highest BCUT2D eigenvalue weighted by Crippen LogP contribution is 2.30. The van der Waals surface area contributed by atoms with Crippen molar-refractivity contribution in [3.05, 3.63) is 59.8 Å². The van der Waals surface area contributed by atoms with Gasteiger partial charge in [-0.05, 0) is 25.0 Å². The minimum absolute atomic E-state index is 0.104. The Kier molecular flexibility index (Phi) is 4.74. The van der Waals surface area contributed by atoms with Gasteiger partial charge in [0.05, 0.1) is 22.9 Å².